The van der Waals surface area contributed by atoms with Crippen molar-refractivity contribution in [2.45, 2.75) is 24.0 Å². The standard InChI is InChI=1S/C15H21F2N3OS.ClH/c1-15(9-18)6-7-20(10-15)8-13(21)19-11-2-4-12(5-3-11)22-14(16)17;/h2-5,14H,6-10,18H2,1H3,(H,19,21);1H. The van der Waals surface area contributed by atoms with Crippen molar-refractivity contribution in [3.63, 3.8) is 0 Å². The van der Waals surface area contributed by atoms with E-state index in [2.05, 4.69) is 17.1 Å². The van der Waals surface area contributed by atoms with Crippen LogP contribution in [-0.2, 0) is 4.79 Å². The molecule has 1 aliphatic heterocycles. The molecule has 2 rings (SSSR count). The summed E-state index contributed by atoms with van der Waals surface area (Å²) in [6, 6.07) is 6.43. The van der Waals surface area contributed by atoms with Gasteiger partial charge in [-0.1, -0.05) is 18.7 Å². The predicted molar refractivity (Wildman–Crippen MR) is 92.4 cm³/mol. The Hall–Kier alpha value is -0.890. The lowest BCUT2D eigenvalue weighted by atomic mass is 9.90. The Bertz CT molecular complexity index is 518. The van der Waals surface area contributed by atoms with E-state index in [0.29, 0.717) is 35.4 Å². The Labute approximate surface area is 145 Å². The van der Waals surface area contributed by atoms with Gasteiger partial charge in [-0.2, -0.15) is 8.78 Å². The Balaban J connectivity index is 0.00000264. The molecular formula is C15H22ClF2N3OS. The van der Waals surface area contributed by atoms with Crippen molar-refractivity contribution in [1.29, 1.82) is 0 Å². The molecule has 1 aromatic carbocycles. The fourth-order valence-corrected chi connectivity index (χ4v) is 3.05. The largest absolute Gasteiger partial charge is 0.330 e. The molecule has 0 spiro atoms. The van der Waals surface area contributed by atoms with Crippen molar-refractivity contribution in [2.24, 2.45) is 11.1 Å². The maximum Gasteiger partial charge on any atom is 0.288 e. The number of nitrogens with zero attached hydrogens (tertiary/aromatic N) is 1. The highest BCUT2D eigenvalue weighted by atomic mass is 35.5. The van der Waals surface area contributed by atoms with E-state index in [1.807, 2.05) is 0 Å². The summed E-state index contributed by atoms with van der Waals surface area (Å²) >= 11 is 0.488. The predicted octanol–water partition coefficient (Wildman–Crippen LogP) is 3.03. The molecule has 0 aromatic heterocycles. The van der Waals surface area contributed by atoms with Crippen LogP contribution in [0.3, 0.4) is 0 Å². The van der Waals surface area contributed by atoms with Crippen LogP contribution < -0.4 is 11.1 Å². The third-order valence-corrected chi connectivity index (χ3v) is 4.58. The van der Waals surface area contributed by atoms with Crippen molar-refractivity contribution >= 4 is 35.8 Å². The second-order valence-corrected chi connectivity index (χ2v) is 6.99. The summed E-state index contributed by atoms with van der Waals surface area (Å²) in [5, 5.41) is 2.79. The van der Waals surface area contributed by atoms with E-state index < -0.39 is 5.76 Å². The van der Waals surface area contributed by atoms with Gasteiger partial charge in [-0.15, -0.1) is 12.4 Å². The number of hydrogen-bond acceptors (Lipinski definition) is 4. The number of alkyl halides is 2. The second kappa shape index (κ2) is 8.82. The molecule has 0 radical (unpaired) electrons. The van der Waals surface area contributed by atoms with Crippen LogP contribution in [0, 0.1) is 5.41 Å². The maximum atomic E-state index is 12.2. The highest BCUT2D eigenvalue weighted by Crippen LogP contribution is 2.28. The molecule has 23 heavy (non-hydrogen) atoms. The zero-order valence-electron chi connectivity index (χ0n) is 12.9. The van der Waals surface area contributed by atoms with Gasteiger partial charge in [0.05, 0.1) is 6.54 Å². The summed E-state index contributed by atoms with van der Waals surface area (Å²) in [6.45, 7) is 4.76. The molecule has 0 aliphatic carbocycles. The molecule has 0 bridgehead atoms. The monoisotopic (exact) mass is 365 g/mol. The molecule has 1 atom stereocenters. The summed E-state index contributed by atoms with van der Waals surface area (Å²) in [7, 11) is 0. The third-order valence-electron chi connectivity index (χ3n) is 3.86. The van der Waals surface area contributed by atoms with Gasteiger partial charge in [-0.05, 0) is 49.2 Å². The number of benzene rings is 1. The number of rotatable bonds is 6. The molecule has 1 aromatic rings. The van der Waals surface area contributed by atoms with Gasteiger partial charge < -0.3 is 11.1 Å². The molecule has 8 heteroatoms. The van der Waals surface area contributed by atoms with Crippen molar-refractivity contribution < 1.29 is 13.6 Å². The average molecular weight is 366 g/mol. The van der Waals surface area contributed by atoms with Crippen LogP contribution in [0.25, 0.3) is 0 Å². The normalized spacial score (nSPS) is 21.3. The number of thioether (sulfide) groups is 1. The number of carbonyl (C=O) groups excluding carboxylic acids is 1. The summed E-state index contributed by atoms with van der Waals surface area (Å²) in [5.41, 5.74) is 6.46. The van der Waals surface area contributed by atoms with Crippen molar-refractivity contribution in [1.82, 2.24) is 4.90 Å². The lowest BCUT2D eigenvalue weighted by Crippen LogP contribution is -2.35. The number of nitrogens with two attached hydrogens (primary N) is 1. The minimum Gasteiger partial charge on any atom is -0.330 e. The quantitative estimate of drug-likeness (QED) is 0.761. The van der Waals surface area contributed by atoms with Gasteiger partial charge in [-0.3, -0.25) is 9.69 Å². The SMILES string of the molecule is CC1(CN)CCN(CC(=O)Nc2ccc(SC(F)F)cc2)C1.Cl. The number of hydrogen-bond donors (Lipinski definition) is 2. The molecule has 3 N–H and O–H groups in total. The number of nitrogens with one attached hydrogen (secondary N) is 1. The van der Waals surface area contributed by atoms with Gasteiger partial charge in [0.15, 0.2) is 0 Å². The number of likely N-dealkylation sites (tertiary alicyclic amines) is 1. The fourth-order valence-electron chi connectivity index (χ4n) is 2.55. The van der Waals surface area contributed by atoms with E-state index in [1.165, 1.54) is 0 Å². The molecule has 1 unspecified atom stereocenters. The lowest BCUT2D eigenvalue weighted by Gasteiger charge is -2.22. The van der Waals surface area contributed by atoms with Crippen LogP contribution in [0.5, 0.6) is 0 Å². The van der Waals surface area contributed by atoms with Crippen molar-refractivity contribution in [3.05, 3.63) is 24.3 Å². The molecule has 1 amide bonds. The third kappa shape index (κ3) is 6.25. The van der Waals surface area contributed by atoms with Crippen LogP contribution in [0.4, 0.5) is 14.5 Å². The molecule has 130 valence electrons. The Morgan fingerprint density at radius 3 is 2.61 bits per heavy atom. The molecule has 1 aliphatic rings. The highest BCUT2D eigenvalue weighted by molar-refractivity contribution is 7.99. The van der Waals surface area contributed by atoms with Crippen LogP contribution in [-0.4, -0.2) is 42.7 Å². The summed E-state index contributed by atoms with van der Waals surface area (Å²) in [4.78, 5) is 14.6. The van der Waals surface area contributed by atoms with E-state index in [-0.39, 0.29) is 23.7 Å². The Morgan fingerprint density at radius 1 is 1.43 bits per heavy atom. The molecule has 0 saturated carbocycles. The minimum atomic E-state index is -2.44. The first-order valence-electron chi connectivity index (χ1n) is 7.17. The first-order valence-corrected chi connectivity index (χ1v) is 8.05. The first-order chi connectivity index (χ1) is 10.4. The zero-order valence-corrected chi connectivity index (χ0v) is 14.6. The van der Waals surface area contributed by atoms with Crippen LogP contribution in [0.15, 0.2) is 29.2 Å². The van der Waals surface area contributed by atoms with Gasteiger partial charge in [-0.25, -0.2) is 0 Å². The van der Waals surface area contributed by atoms with Gasteiger partial charge in [0.25, 0.3) is 5.76 Å². The molecule has 1 fully saturated rings. The summed E-state index contributed by atoms with van der Waals surface area (Å²) < 4.78 is 24.5. The van der Waals surface area contributed by atoms with E-state index in [1.54, 1.807) is 24.3 Å². The highest BCUT2D eigenvalue weighted by Gasteiger charge is 2.33. The molecule has 1 saturated heterocycles. The summed E-state index contributed by atoms with van der Waals surface area (Å²) in [5.74, 6) is -2.54. The molecule has 1 heterocycles. The van der Waals surface area contributed by atoms with Crippen molar-refractivity contribution in [2.75, 3.05) is 31.5 Å². The van der Waals surface area contributed by atoms with Gasteiger partial charge in [0.2, 0.25) is 5.91 Å². The number of amides is 1. The Morgan fingerprint density at radius 2 is 2.09 bits per heavy atom. The molecular weight excluding hydrogens is 344 g/mol. The van der Waals surface area contributed by atoms with Gasteiger partial charge in [0, 0.05) is 17.1 Å². The second-order valence-electron chi connectivity index (χ2n) is 5.93. The number of anilines is 1. The first kappa shape index (κ1) is 20.2. The van der Waals surface area contributed by atoms with Crippen molar-refractivity contribution in [3.8, 4) is 0 Å². The number of halogens is 3. The van der Waals surface area contributed by atoms with E-state index in [4.69, 9.17) is 5.73 Å². The van der Waals surface area contributed by atoms with Crippen LogP contribution >= 0.6 is 24.2 Å². The maximum absolute atomic E-state index is 12.2. The van der Waals surface area contributed by atoms with Crippen LogP contribution in [0.2, 0.25) is 0 Å². The average Bonchev–Trinajstić information content (AvgIpc) is 2.82. The van der Waals surface area contributed by atoms with E-state index in [0.717, 1.165) is 19.5 Å². The minimum absolute atomic E-state index is 0. The number of carbonyl (C=O) groups is 1. The lowest BCUT2D eigenvalue weighted by molar-refractivity contribution is -0.117. The van der Waals surface area contributed by atoms with Crippen LogP contribution in [0.1, 0.15) is 13.3 Å². The zero-order chi connectivity index (χ0) is 16.2. The smallest absolute Gasteiger partial charge is 0.288 e. The van der Waals surface area contributed by atoms with E-state index >= 15 is 0 Å². The fraction of sp³-hybridized carbons (Fsp3) is 0.533. The Kier molecular flexibility index (Phi) is 7.73. The van der Waals surface area contributed by atoms with Gasteiger partial charge >= 0.3 is 0 Å². The summed E-state index contributed by atoms with van der Waals surface area (Å²) in [6.07, 6.45) is 0.996. The van der Waals surface area contributed by atoms with E-state index in [9.17, 15) is 13.6 Å². The topological polar surface area (TPSA) is 58.4 Å². The van der Waals surface area contributed by atoms with Gasteiger partial charge in [0.1, 0.15) is 0 Å². The molecule has 4 nitrogen and oxygen atoms in total.